The summed E-state index contributed by atoms with van der Waals surface area (Å²) in [7, 11) is 0. The molecule has 82 valence electrons. The largest absolute Gasteiger partial charge is 0.387 e. The number of ether oxygens (including phenoxy) is 1. The molecule has 0 spiro atoms. The molecule has 6 N–H and O–H groups in total. The molecule has 0 aromatic heterocycles. The number of aliphatic hydroxyl groups excluding tert-OH is 3. The van der Waals surface area contributed by atoms with Gasteiger partial charge in [0.05, 0.1) is 0 Å². The van der Waals surface area contributed by atoms with Gasteiger partial charge in [0.2, 0.25) is 5.91 Å². The first-order chi connectivity index (χ1) is 6.28. The van der Waals surface area contributed by atoms with Gasteiger partial charge in [-0.25, -0.2) is 0 Å². The summed E-state index contributed by atoms with van der Waals surface area (Å²) in [5, 5.41) is 37.2. The van der Waals surface area contributed by atoms with Crippen LogP contribution in [0.1, 0.15) is 6.92 Å². The van der Waals surface area contributed by atoms with Crippen LogP contribution in [0.2, 0.25) is 0 Å². The molecule has 0 radical (unpaired) electrons. The third-order valence-corrected chi connectivity index (χ3v) is 2.28. The fourth-order valence-corrected chi connectivity index (χ4v) is 1.37. The molecule has 1 saturated heterocycles. The smallest absolute Gasteiger partial charge is 0.249 e. The van der Waals surface area contributed by atoms with Crippen molar-refractivity contribution in [1.29, 1.82) is 0 Å². The molecule has 0 bridgehead atoms. The maximum Gasteiger partial charge on any atom is 0.249 e. The highest BCUT2D eigenvalue weighted by atomic mass is 16.6. The van der Waals surface area contributed by atoms with Crippen LogP contribution >= 0.6 is 0 Å². The van der Waals surface area contributed by atoms with E-state index >= 15 is 0 Å². The van der Waals surface area contributed by atoms with Crippen molar-refractivity contribution >= 4 is 5.91 Å². The molecule has 1 aliphatic rings. The molecule has 1 heterocycles. The second-order valence-electron chi connectivity index (χ2n) is 3.47. The Morgan fingerprint density at radius 3 is 2.36 bits per heavy atom. The molecular formula is C7H13NO6. The van der Waals surface area contributed by atoms with Gasteiger partial charge in [0, 0.05) is 0 Å². The lowest BCUT2D eigenvalue weighted by atomic mass is 9.85. The van der Waals surface area contributed by atoms with Crippen LogP contribution in [-0.2, 0) is 9.53 Å². The van der Waals surface area contributed by atoms with E-state index in [0.717, 1.165) is 6.92 Å². The Balaban J connectivity index is 2.95. The number of carbonyl (C=O) groups excluding carboxylic acids is 1. The number of hydrogen-bond acceptors (Lipinski definition) is 6. The highest BCUT2D eigenvalue weighted by Crippen LogP contribution is 2.28. The molecule has 14 heavy (non-hydrogen) atoms. The monoisotopic (exact) mass is 207 g/mol. The molecule has 1 rings (SSSR count). The Morgan fingerprint density at radius 2 is 1.93 bits per heavy atom. The van der Waals surface area contributed by atoms with Gasteiger partial charge in [0.1, 0.15) is 17.8 Å². The topological polar surface area (TPSA) is 133 Å². The molecule has 0 aliphatic carbocycles. The SMILES string of the molecule is CC1(O)C(C(N)=O)OC(O)C(O)C1O. The second-order valence-corrected chi connectivity index (χ2v) is 3.47. The van der Waals surface area contributed by atoms with Crippen molar-refractivity contribution in [2.75, 3.05) is 0 Å². The number of aliphatic hydroxyl groups is 4. The van der Waals surface area contributed by atoms with E-state index in [1.165, 1.54) is 0 Å². The first-order valence-electron chi connectivity index (χ1n) is 4.00. The van der Waals surface area contributed by atoms with Crippen molar-refractivity contribution in [3.63, 3.8) is 0 Å². The summed E-state index contributed by atoms with van der Waals surface area (Å²) < 4.78 is 4.57. The van der Waals surface area contributed by atoms with Crippen LogP contribution in [0.4, 0.5) is 0 Å². The molecule has 5 atom stereocenters. The quantitative estimate of drug-likeness (QED) is 0.305. The fourth-order valence-electron chi connectivity index (χ4n) is 1.37. The molecule has 5 unspecified atom stereocenters. The van der Waals surface area contributed by atoms with Crippen LogP contribution in [0.15, 0.2) is 0 Å². The molecular weight excluding hydrogens is 194 g/mol. The van der Waals surface area contributed by atoms with Crippen LogP contribution in [-0.4, -0.2) is 56.5 Å². The van der Waals surface area contributed by atoms with E-state index < -0.39 is 36.1 Å². The maximum atomic E-state index is 10.8. The summed E-state index contributed by atoms with van der Waals surface area (Å²) in [6.07, 6.45) is -6.69. The van der Waals surface area contributed by atoms with Gasteiger partial charge >= 0.3 is 0 Å². The van der Waals surface area contributed by atoms with E-state index in [9.17, 15) is 15.0 Å². The van der Waals surface area contributed by atoms with Crippen LogP contribution < -0.4 is 5.73 Å². The maximum absolute atomic E-state index is 10.8. The van der Waals surface area contributed by atoms with E-state index in [0.29, 0.717) is 0 Å². The van der Waals surface area contributed by atoms with Crippen LogP contribution in [0.3, 0.4) is 0 Å². The average molecular weight is 207 g/mol. The van der Waals surface area contributed by atoms with Gasteiger partial charge in [-0.2, -0.15) is 0 Å². The number of primary amides is 1. The third-order valence-electron chi connectivity index (χ3n) is 2.28. The zero-order chi connectivity index (χ0) is 11.1. The van der Waals surface area contributed by atoms with Crippen molar-refractivity contribution in [3.05, 3.63) is 0 Å². The Labute approximate surface area is 79.7 Å². The molecule has 1 aliphatic heterocycles. The minimum Gasteiger partial charge on any atom is -0.387 e. The van der Waals surface area contributed by atoms with Gasteiger partial charge < -0.3 is 30.9 Å². The summed E-state index contributed by atoms with van der Waals surface area (Å²) in [5.41, 5.74) is 2.86. The lowest BCUT2D eigenvalue weighted by Crippen LogP contribution is -2.67. The Bertz CT molecular complexity index is 242. The van der Waals surface area contributed by atoms with Crippen molar-refractivity contribution in [2.24, 2.45) is 5.73 Å². The molecule has 0 aromatic carbocycles. The number of hydrogen-bond donors (Lipinski definition) is 5. The van der Waals surface area contributed by atoms with Crippen LogP contribution in [0.25, 0.3) is 0 Å². The average Bonchev–Trinajstić information content (AvgIpc) is 2.08. The first-order valence-corrected chi connectivity index (χ1v) is 4.00. The van der Waals surface area contributed by atoms with Crippen LogP contribution in [0.5, 0.6) is 0 Å². The lowest BCUT2D eigenvalue weighted by molar-refractivity contribution is -0.303. The number of amides is 1. The van der Waals surface area contributed by atoms with E-state index in [4.69, 9.17) is 15.9 Å². The summed E-state index contributed by atoms with van der Waals surface area (Å²) in [4.78, 5) is 10.8. The Hall–Kier alpha value is -0.730. The standard InChI is InChI=1S/C7H13NO6/c1-7(13)3(10)2(9)6(12)14-4(7)5(8)11/h2-4,6,9-10,12-13H,1H3,(H2,8,11). The molecule has 0 aromatic rings. The van der Waals surface area contributed by atoms with Gasteiger partial charge in [-0.1, -0.05) is 0 Å². The molecule has 1 fully saturated rings. The molecule has 0 saturated carbocycles. The second kappa shape index (κ2) is 3.44. The van der Waals surface area contributed by atoms with Gasteiger partial charge in [0.15, 0.2) is 12.4 Å². The zero-order valence-corrected chi connectivity index (χ0v) is 7.49. The minimum atomic E-state index is -2.02. The summed E-state index contributed by atoms with van der Waals surface area (Å²) in [5.74, 6) is -1.03. The summed E-state index contributed by atoms with van der Waals surface area (Å²) in [6, 6.07) is 0. The van der Waals surface area contributed by atoms with Gasteiger partial charge in [0.25, 0.3) is 0 Å². The van der Waals surface area contributed by atoms with Crippen molar-refractivity contribution in [1.82, 2.24) is 0 Å². The normalized spacial score (nSPS) is 48.9. The zero-order valence-electron chi connectivity index (χ0n) is 7.49. The van der Waals surface area contributed by atoms with E-state index in [2.05, 4.69) is 4.74 Å². The van der Waals surface area contributed by atoms with E-state index in [-0.39, 0.29) is 0 Å². The van der Waals surface area contributed by atoms with Gasteiger partial charge in [-0.15, -0.1) is 0 Å². The first kappa shape index (κ1) is 11.3. The van der Waals surface area contributed by atoms with Gasteiger partial charge in [-0.05, 0) is 6.92 Å². The predicted molar refractivity (Wildman–Crippen MR) is 42.7 cm³/mol. The predicted octanol–water partition coefficient (Wildman–Crippen LogP) is -3.34. The van der Waals surface area contributed by atoms with Gasteiger partial charge in [-0.3, -0.25) is 4.79 Å². The minimum absolute atomic E-state index is 1.03. The lowest BCUT2D eigenvalue weighted by Gasteiger charge is -2.43. The molecule has 7 heteroatoms. The van der Waals surface area contributed by atoms with Crippen molar-refractivity contribution in [2.45, 2.75) is 37.1 Å². The van der Waals surface area contributed by atoms with Crippen molar-refractivity contribution in [3.8, 4) is 0 Å². The summed E-state index contributed by atoms with van der Waals surface area (Å²) >= 11 is 0. The van der Waals surface area contributed by atoms with Crippen molar-refractivity contribution < 1.29 is 30.0 Å². The number of rotatable bonds is 1. The summed E-state index contributed by atoms with van der Waals surface area (Å²) in [6.45, 7) is 1.09. The molecule has 1 amide bonds. The molecule has 7 nitrogen and oxygen atoms in total. The van der Waals surface area contributed by atoms with E-state index in [1.807, 2.05) is 0 Å². The highest BCUT2D eigenvalue weighted by molar-refractivity contribution is 5.80. The Kier molecular flexibility index (Phi) is 2.79. The number of carbonyl (C=O) groups is 1. The fraction of sp³-hybridized carbons (Fsp3) is 0.857. The highest BCUT2D eigenvalue weighted by Gasteiger charge is 2.53. The number of nitrogens with two attached hydrogens (primary N) is 1. The van der Waals surface area contributed by atoms with E-state index in [1.54, 1.807) is 0 Å². The Morgan fingerprint density at radius 1 is 1.43 bits per heavy atom. The third kappa shape index (κ3) is 1.60. The van der Waals surface area contributed by atoms with Crippen LogP contribution in [0, 0.1) is 0 Å².